The maximum absolute atomic E-state index is 9.03. The molecule has 2 atom stereocenters. The van der Waals surface area contributed by atoms with Crippen molar-refractivity contribution in [3.8, 4) is 6.07 Å². The Morgan fingerprint density at radius 3 is 2.75 bits per heavy atom. The van der Waals surface area contributed by atoms with Crippen molar-refractivity contribution in [2.45, 2.75) is 19.9 Å². The Morgan fingerprint density at radius 1 is 1.50 bits per heavy atom. The molecule has 0 heterocycles. The first-order valence-electron chi connectivity index (χ1n) is 5.15. The van der Waals surface area contributed by atoms with E-state index in [2.05, 4.69) is 11.4 Å². The van der Waals surface area contributed by atoms with Crippen LogP contribution in [0.25, 0.3) is 0 Å². The minimum atomic E-state index is 0.0956. The average molecular weight is 239 g/mol. The first kappa shape index (κ1) is 12.8. The minimum Gasteiger partial charge on any atom is -0.396 e. The van der Waals surface area contributed by atoms with Crippen molar-refractivity contribution in [3.05, 3.63) is 28.8 Å². The van der Waals surface area contributed by atoms with E-state index in [0.29, 0.717) is 10.6 Å². The molecule has 0 aromatic heterocycles. The molecule has 2 N–H and O–H groups in total. The van der Waals surface area contributed by atoms with Gasteiger partial charge in [-0.1, -0.05) is 18.5 Å². The maximum Gasteiger partial charge on any atom is 0.101 e. The van der Waals surface area contributed by atoms with Crippen LogP contribution < -0.4 is 5.32 Å². The van der Waals surface area contributed by atoms with Crippen molar-refractivity contribution >= 4 is 17.3 Å². The van der Waals surface area contributed by atoms with Crippen LogP contribution in [0.15, 0.2) is 18.2 Å². The number of nitriles is 1. The minimum absolute atomic E-state index is 0.0956. The van der Waals surface area contributed by atoms with Gasteiger partial charge >= 0.3 is 0 Å². The molecule has 3 nitrogen and oxygen atoms in total. The number of anilines is 1. The molecule has 0 bridgehead atoms. The van der Waals surface area contributed by atoms with Crippen LogP contribution in [-0.2, 0) is 0 Å². The highest BCUT2D eigenvalue weighted by Crippen LogP contribution is 2.21. The zero-order chi connectivity index (χ0) is 12.1. The lowest BCUT2D eigenvalue weighted by atomic mass is 10.0. The van der Waals surface area contributed by atoms with Gasteiger partial charge in [0, 0.05) is 17.7 Å². The van der Waals surface area contributed by atoms with Crippen LogP contribution in [0.3, 0.4) is 0 Å². The van der Waals surface area contributed by atoms with E-state index >= 15 is 0 Å². The summed E-state index contributed by atoms with van der Waals surface area (Å²) in [7, 11) is 0. The van der Waals surface area contributed by atoms with E-state index in [1.54, 1.807) is 18.2 Å². The summed E-state index contributed by atoms with van der Waals surface area (Å²) in [6, 6.07) is 7.33. The number of halogens is 1. The number of aliphatic hydroxyl groups excluding tert-OH is 1. The van der Waals surface area contributed by atoms with Crippen LogP contribution in [0, 0.1) is 17.2 Å². The molecule has 0 aliphatic carbocycles. The molecule has 16 heavy (non-hydrogen) atoms. The lowest BCUT2D eigenvalue weighted by Gasteiger charge is -2.21. The topological polar surface area (TPSA) is 56.0 Å². The third-order valence-corrected chi connectivity index (χ3v) is 2.86. The van der Waals surface area contributed by atoms with Gasteiger partial charge in [-0.05, 0) is 31.0 Å². The van der Waals surface area contributed by atoms with E-state index in [-0.39, 0.29) is 18.6 Å². The van der Waals surface area contributed by atoms with Gasteiger partial charge in [0.2, 0.25) is 0 Å². The van der Waals surface area contributed by atoms with Crippen molar-refractivity contribution in [2.24, 2.45) is 5.92 Å². The Bertz CT molecular complexity index is 400. The summed E-state index contributed by atoms with van der Waals surface area (Å²) in [5, 5.41) is 21.7. The second-order valence-corrected chi connectivity index (χ2v) is 4.33. The second kappa shape index (κ2) is 5.74. The fourth-order valence-electron chi connectivity index (χ4n) is 1.28. The molecule has 0 radical (unpaired) electrons. The van der Waals surface area contributed by atoms with Gasteiger partial charge in [0.25, 0.3) is 0 Å². The highest BCUT2D eigenvalue weighted by molar-refractivity contribution is 6.30. The van der Waals surface area contributed by atoms with E-state index in [4.69, 9.17) is 22.0 Å². The van der Waals surface area contributed by atoms with Crippen LogP contribution >= 0.6 is 11.6 Å². The fraction of sp³-hybridized carbons (Fsp3) is 0.417. The Kier molecular flexibility index (Phi) is 4.60. The molecule has 0 fully saturated rings. The third-order valence-electron chi connectivity index (χ3n) is 2.63. The van der Waals surface area contributed by atoms with Gasteiger partial charge < -0.3 is 10.4 Å². The Morgan fingerprint density at radius 2 is 2.19 bits per heavy atom. The average Bonchev–Trinajstić information content (AvgIpc) is 2.30. The van der Waals surface area contributed by atoms with Crippen molar-refractivity contribution < 1.29 is 5.11 Å². The summed E-state index contributed by atoms with van der Waals surface area (Å²) in [6.07, 6.45) is 0. The van der Waals surface area contributed by atoms with E-state index in [1.165, 1.54) is 0 Å². The molecule has 86 valence electrons. The molecule has 4 heteroatoms. The van der Waals surface area contributed by atoms with Gasteiger partial charge in [0.1, 0.15) is 6.07 Å². The monoisotopic (exact) mass is 238 g/mol. The SMILES string of the molecule is CC(CO)C(C)Nc1ccc(Cl)cc1C#N. The van der Waals surface area contributed by atoms with E-state index in [9.17, 15) is 0 Å². The van der Waals surface area contributed by atoms with Crippen LogP contribution in [0.2, 0.25) is 5.02 Å². The predicted molar refractivity (Wildman–Crippen MR) is 65.5 cm³/mol. The largest absolute Gasteiger partial charge is 0.396 e. The maximum atomic E-state index is 9.03. The summed E-state index contributed by atoms with van der Waals surface area (Å²) >= 11 is 5.80. The molecule has 0 aliphatic rings. The molecule has 0 saturated heterocycles. The molecule has 1 aromatic carbocycles. The smallest absolute Gasteiger partial charge is 0.101 e. The van der Waals surface area contributed by atoms with Gasteiger partial charge in [-0.25, -0.2) is 0 Å². The van der Waals surface area contributed by atoms with Gasteiger partial charge in [-0.2, -0.15) is 5.26 Å². The molecule has 1 aromatic rings. The lowest BCUT2D eigenvalue weighted by Crippen LogP contribution is -2.26. The number of hydrogen-bond donors (Lipinski definition) is 2. The van der Waals surface area contributed by atoms with Crippen molar-refractivity contribution in [2.75, 3.05) is 11.9 Å². The van der Waals surface area contributed by atoms with Gasteiger partial charge in [-0.3, -0.25) is 0 Å². The standard InChI is InChI=1S/C12H15ClN2O/c1-8(7-16)9(2)15-12-4-3-11(13)5-10(12)6-14/h3-5,8-9,15-16H,7H2,1-2H3. The fourth-order valence-corrected chi connectivity index (χ4v) is 1.45. The lowest BCUT2D eigenvalue weighted by molar-refractivity contribution is 0.226. The number of nitrogens with zero attached hydrogens (tertiary/aromatic N) is 1. The van der Waals surface area contributed by atoms with Gasteiger partial charge in [0.15, 0.2) is 0 Å². The van der Waals surface area contributed by atoms with Crippen LogP contribution in [0.1, 0.15) is 19.4 Å². The first-order chi connectivity index (χ1) is 7.58. The highest BCUT2D eigenvalue weighted by atomic mass is 35.5. The number of nitrogens with one attached hydrogen (secondary N) is 1. The van der Waals surface area contributed by atoms with E-state index in [0.717, 1.165) is 5.69 Å². The quantitative estimate of drug-likeness (QED) is 0.848. The zero-order valence-electron chi connectivity index (χ0n) is 9.37. The van der Waals surface area contributed by atoms with Gasteiger partial charge in [-0.15, -0.1) is 0 Å². The van der Waals surface area contributed by atoms with Crippen LogP contribution in [0.4, 0.5) is 5.69 Å². The van der Waals surface area contributed by atoms with Crippen LogP contribution in [0.5, 0.6) is 0 Å². The second-order valence-electron chi connectivity index (χ2n) is 3.89. The number of rotatable bonds is 4. The molecule has 2 unspecified atom stereocenters. The first-order valence-corrected chi connectivity index (χ1v) is 5.53. The Hall–Kier alpha value is -1.24. The summed E-state index contributed by atoms with van der Waals surface area (Å²) in [5.41, 5.74) is 1.27. The molecule has 1 rings (SSSR count). The number of aliphatic hydroxyl groups is 1. The molecule has 0 spiro atoms. The summed E-state index contributed by atoms with van der Waals surface area (Å²) < 4.78 is 0. The van der Waals surface area contributed by atoms with E-state index in [1.807, 2.05) is 13.8 Å². The summed E-state index contributed by atoms with van der Waals surface area (Å²) in [4.78, 5) is 0. The highest BCUT2D eigenvalue weighted by Gasteiger charge is 2.12. The normalized spacial score (nSPS) is 13.9. The molecule has 0 aliphatic heterocycles. The van der Waals surface area contributed by atoms with Crippen molar-refractivity contribution in [1.29, 1.82) is 5.26 Å². The Labute approximate surface area is 101 Å². The number of benzene rings is 1. The van der Waals surface area contributed by atoms with Crippen molar-refractivity contribution in [3.63, 3.8) is 0 Å². The third kappa shape index (κ3) is 3.13. The Balaban J connectivity index is 2.85. The predicted octanol–water partition coefficient (Wildman–Crippen LogP) is 2.64. The van der Waals surface area contributed by atoms with Crippen LogP contribution in [-0.4, -0.2) is 17.8 Å². The van der Waals surface area contributed by atoms with E-state index < -0.39 is 0 Å². The molecule has 0 saturated carbocycles. The summed E-state index contributed by atoms with van der Waals surface area (Å²) in [5.74, 6) is 0.127. The molecular formula is C12H15ClN2O. The molecule has 0 amide bonds. The molecular weight excluding hydrogens is 224 g/mol. The summed E-state index contributed by atoms with van der Waals surface area (Å²) in [6.45, 7) is 4.03. The van der Waals surface area contributed by atoms with Crippen molar-refractivity contribution in [1.82, 2.24) is 0 Å². The number of hydrogen-bond acceptors (Lipinski definition) is 3. The zero-order valence-corrected chi connectivity index (χ0v) is 10.1. The van der Waals surface area contributed by atoms with Gasteiger partial charge in [0.05, 0.1) is 11.3 Å².